The molecule has 3 heterocycles. The molecular weight excluding hydrogens is 270 g/mol. The molecule has 21 heavy (non-hydrogen) atoms. The van der Waals surface area contributed by atoms with Gasteiger partial charge in [-0.2, -0.15) is 4.98 Å². The quantitative estimate of drug-likeness (QED) is 0.756. The fourth-order valence-electron chi connectivity index (χ4n) is 2.01. The zero-order valence-electron chi connectivity index (χ0n) is 11.8. The Bertz CT molecular complexity index is 761. The van der Waals surface area contributed by atoms with Crippen LogP contribution in [0.3, 0.4) is 0 Å². The lowest BCUT2D eigenvalue weighted by Gasteiger charge is -2.00. The number of nitrogens with zero attached hydrogens (tertiary/aromatic N) is 6. The number of aromatic nitrogens is 6. The molecule has 0 bridgehead atoms. The van der Waals surface area contributed by atoms with Crippen molar-refractivity contribution in [2.24, 2.45) is 5.73 Å². The third kappa shape index (κ3) is 2.79. The molecule has 0 saturated heterocycles. The van der Waals surface area contributed by atoms with Crippen molar-refractivity contribution in [2.75, 3.05) is 0 Å². The number of rotatable bonds is 4. The minimum absolute atomic E-state index is 0.349. The van der Waals surface area contributed by atoms with E-state index in [2.05, 4.69) is 25.4 Å². The van der Waals surface area contributed by atoms with E-state index in [-0.39, 0.29) is 0 Å². The van der Waals surface area contributed by atoms with Crippen LogP contribution in [0.4, 0.5) is 0 Å². The highest BCUT2D eigenvalue weighted by atomic mass is 16.5. The lowest BCUT2D eigenvalue weighted by molar-refractivity contribution is 0.364. The summed E-state index contributed by atoms with van der Waals surface area (Å²) in [7, 11) is 0. The third-order valence-corrected chi connectivity index (χ3v) is 2.99. The first-order chi connectivity index (χ1) is 10.2. The van der Waals surface area contributed by atoms with Crippen molar-refractivity contribution in [2.45, 2.75) is 26.9 Å². The van der Waals surface area contributed by atoms with Crippen LogP contribution in [0.15, 0.2) is 23.0 Å². The average molecular weight is 285 g/mol. The Kier molecular flexibility index (Phi) is 3.44. The Morgan fingerprint density at radius 1 is 1.33 bits per heavy atom. The topological polar surface area (TPSA) is 109 Å². The lowest BCUT2D eigenvalue weighted by atomic mass is 10.1. The Hall–Kier alpha value is -2.61. The van der Waals surface area contributed by atoms with Crippen molar-refractivity contribution in [1.82, 2.24) is 30.1 Å². The smallest absolute Gasteiger partial charge is 0.248 e. The maximum Gasteiger partial charge on any atom is 0.248 e. The molecule has 8 nitrogen and oxygen atoms in total. The standard InChI is InChI=1S/C13H15N7O/c1-8-3-9(2)12(15-5-8)13-16-11(21-18-13)7-20-6-10(4-14)17-19-20/h3,5-6H,4,7,14H2,1-2H3. The van der Waals surface area contributed by atoms with E-state index >= 15 is 0 Å². The summed E-state index contributed by atoms with van der Waals surface area (Å²) in [6, 6.07) is 2.03. The van der Waals surface area contributed by atoms with Gasteiger partial charge < -0.3 is 10.3 Å². The van der Waals surface area contributed by atoms with Gasteiger partial charge in [-0.05, 0) is 25.0 Å². The second-order valence-corrected chi connectivity index (χ2v) is 4.80. The van der Waals surface area contributed by atoms with Gasteiger partial charge in [0.25, 0.3) is 0 Å². The van der Waals surface area contributed by atoms with E-state index in [4.69, 9.17) is 10.3 Å². The van der Waals surface area contributed by atoms with Gasteiger partial charge in [0, 0.05) is 12.7 Å². The van der Waals surface area contributed by atoms with E-state index in [1.807, 2.05) is 19.9 Å². The van der Waals surface area contributed by atoms with Crippen LogP contribution >= 0.6 is 0 Å². The molecule has 0 aromatic carbocycles. The highest BCUT2D eigenvalue weighted by Crippen LogP contribution is 2.18. The van der Waals surface area contributed by atoms with Crippen LogP contribution < -0.4 is 5.73 Å². The predicted molar refractivity (Wildman–Crippen MR) is 74.0 cm³/mol. The van der Waals surface area contributed by atoms with Gasteiger partial charge in [-0.25, -0.2) is 4.68 Å². The molecule has 0 spiro atoms. The highest BCUT2D eigenvalue weighted by molar-refractivity contribution is 5.53. The van der Waals surface area contributed by atoms with Crippen LogP contribution in [0, 0.1) is 13.8 Å². The number of pyridine rings is 1. The predicted octanol–water partition coefficient (Wildman–Crippen LogP) is 0.847. The number of hydrogen-bond acceptors (Lipinski definition) is 7. The van der Waals surface area contributed by atoms with Crippen LogP contribution in [0.25, 0.3) is 11.5 Å². The van der Waals surface area contributed by atoms with Crippen molar-refractivity contribution in [1.29, 1.82) is 0 Å². The van der Waals surface area contributed by atoms with Crippen molar-refractivity contribution in [3.63, 3.8) is 0 Å². The Morgan fingerprint density at radius 3 is 2.90 bits per heavy atom. The molecule has 0 amide bonds. The zero-order valence-corrected chi connectivity index (χ0v) is 11.8. The summed E-state index contributed by atoms with van der Waals surface area (Å²) in [6.07, 6.45) is 3.53. The van der Waals surface area contributed by atoms with Gasteiger partial charge in [-0.1, -0.05) is 16.4 Å². The summed E-state index contributed by atoms with van der Waals surface area (Å²) in [5.74, 6) is 0.918. The number of aryl methyl sites for hydroxylation is 2. The van der Waals surface area contributed by atoms with Gasteiger partial charge in [0.05, 0.1) is 11.9 Å². The second kappa shape index (κ2) is 5.41. The van der Waals surface area contributed by atoms with E-state index in [1.165, 1.54) is 0 Å². The number of hydrogen-bond donors (Lipinski definition) is 1. The van der Waals surface area contributed by atoms with Crippen LogP contribution in [-0.2, 0) is 13.1 Å². The minimum Gasteiger partial charge on any atom is -0.337 e. The van der Waals surface area contributed by atoms with E-state index in [1.54, 1.807) is 17.1 Å². The minimum atomic E-state index is 0.349. The summed E-state index contributed by atoms with van der Waals surface area (Å²) in [4.78, 5) is 8.69. The summed E-state index contributed by atoms with van der Waals surface area (Å²) >= 11 is 0. The van der Waals surface area contributed by atoms with Gasteiger partial charge in [-0.15, -0.1) is 5.10 Å². The van der Waals surface area contributed by atoms with Crippen LogP contribution in [-0.4, -0.2) is 30.1 Å². The largest absolute Gasteiger partial charge is 0.337 e. The van der Waals surface area contributed by atoms with Gasteiger partial charge in [0.15, 0.2) is 0 Å². The molecule has 3 aromatic heterocycles. The maximum absolute atomic E-state index is 5.49. The molecule has 0 unspecified atom stereocenters. The van der Waals surface area contributed by atoms with Crippen LogP contribution in [0.5, 0.6) is 0 Å². The first-order valence-corrected chi connectivity index (χ1v) is 6.51. The monoisotopic (exact) mass is 285 g/mol. The molecule has 0 atom stereocenters. The zero-order chi connectivity index (χ0) is 14.8. The van der Waals surface area contributed by atoms with Gasteiger partial charge in [-0.3, -0.25) is 4.98 Å². The SMILES string of the molecule is Cc1cnc(-c2noc(Cn3cc(CN)nn3)n2)c(C)c1. The van der Waals surface area contributed by atoms with Crippen molar-refractivity contribution in [3.05, 3.63) is 41.2 Å². The summed E-state index contributed by atoms with van der Waals surface area (Å²) in [5.41, 5.74) is 9.03. The molecule has 0 aliphatic rings. The Labute approximate surface area is 121 Å². The molecule has 0 fully saturated rings. The molecule has 8 heteroatoms. The van der Waals surface area contributed by atoms with Crippen molar-refractivity contribution < 1.29 is 4.52 Å². The van der Waals surface area contributed by atoms with Crippen LogP contribution in [0.1, 0.15) is 22.7 Å². The van der Waals surface area contributed by atoms with E-state index < -0.39 is 0 Å². The molecule has 0 aliphatic carbocycles. The molecule has 2 N–H and O–H groups in total. The maximum atomic E-state index is 5.49. The highest BCUT2D eigenvalue weighted by Gasteiger charge is 2.13. The van der Waals surface area contributed by atoms with E-state index in [0.29, 0.717) is 30.5 Å². The fraction of sp³-hybridized carbons (Fsp3) is 0.308. The average Bonchev–Trinajstić information content (AvgIpc) is 3.08. The lowest BCUT2D eigenvalue weighted by Crippen LogP contribution is -2.01. The summed E-state index contributed by atoms with van der Waals surface area (Å²) < 4.78 is 6.84. The summed E-state index contributed by atoms with van der Waals surface area (Å²) in [6.45, 7) is 4.66. The van der Waals surface area contributed by atoms with Gasteiger partial charge in [0.1, 0.15) is 12.2 Å². The van der Waals surface area contributed by atoms with E-state index in [9.17, 15) is 0 Å². The second-order valence-electron chi connectivity index (χ2n) is 4.80. The fourth-order valence-corrected chi connectivity index (χ4v) is 2.01. The number of nitrogens with two attached hydrogens (primary N) is 1. The molecule has 0 radical (unpaired) electrons. The molecule has 3 aromatic rings. The third-order valence-electron chi connectivity index (χ3n) is 2.99. The van der Waals surface area contributed by atoms with Gasteiger partial charge >= 0.3 is 0 Å². The summed E-state index contributed by atoms with van der Waals surface area (Å²) in [5, 5.41) is 11.8. The first-order valence-electron chi connectivity index (χ1n) is 6.51. The van der Waals surface area contributed by atoms with Crippen LogP contribution in [0.2, 0.25) is 0 Å². The molecule has 0 saturated carbocycles. The molecule has 108 valence electrons. The molecule has 3 rings (SSSR count). The molecule has 0 aliphatic heterocycles. The first kappa shape index (κ1) is 13.4. The van der Waals surface area contributed by atoms with Gasteiger partial charge in [0.2, 0.25) is 11.7 Å². The van der Waals surface area contributed by atoms with Crippen molar-refractivity contribution in [3.8, 4) is 11.5 Å². The Balaban J connectivity index is 1.82. The normalized spacial score (nSPS) is 11.0. The molecular formula is C13H15N7O. The van der Waals surface area contributed by atoms with Crippen molar-refractivity contribution >= 4 is 0 Å². The van der Waals surface area contributed by atoms with E-state index in [0.717, 1.165) is 16.8 Å². The Morgan fingerprint density at radius 2 is 2.19 bits per heavy atom.